The molecule has 4 atom stereocenters. The lowest BCUT2D eigenvalue weighted by Gasteiger charge is -2.55. The highest BCUT2D eigenvalue weighted by atomic mass is 16.5. The first kappa shape index (κ1) is 20.7. The Morgan fingerprint density at radius 1 is 0.966 bits per heavy atom. The predicted octanol–water partition coefficient (Wildman–Crippen LogP) is 5.74. The summed E-state index contributed by atoms with van der Waals surface area (Å²) in [6.07, 6.45) is 10.1. The second kappa shape index (κ2) is 8.26. The van der Waals surface area contributed by atoms with Gasteiger partial charge < -0.3 is 9.22 Å². The molecule has 1 aromatic rings. The van der Waals surface area contributed by atoms with Gasteiger partial charge in [0.2, 0.25) is 0 Å². The van der Waals surface area contributed by atoms with E-state index in [1.54, 1.807) is 0 Å². The van der Waals surface area contributed by atoms with Crippen LogP contribution in [-0.4, -0.2) is 40.7 Å². The lowest BCUT2D eigenvalue weighted by Crippen LogP contribution is -2.68. The molecule has 2 saturated heterocycles. The summed E-state index contributed by atoms with van der Waals surface area (Å²) in [7, 11) is 0. The lowest BCUT2D eigenvalue weighted by molar-refractivity contribution is -1.00. The summed E-state index contributed by atoms with van der Waals surface area (Å²) in [6, 6.07) is 12.9. The van der Waals surface area contributed by atoms with E-state index in [2.05, 4.69) is 58.0 Å². The standard InChI is InChI=1S/C26H38NO2/c1-18(2)27(19(3)4)21-14-15-22(27)17-23(16-21)29-26(28)25-13-9-8-12-24(25)20-10-6-5-7-11-20/h5-7,10-12,18-19,21-23,25H,8-9,13-17H2,1-4H3/q+1/t21-,22+,23?,25?. The lowest BCUT2D eigenvalue weighted by atomic mass is 9.83. The Labute approximate surface area is 176 Å². The molecular formula is C26H38NO2+. The quantitative estimate of drug-likeness (QED) is 0.468. The van der Waals surface area contributed by atoms with E-state index in [0.717, 1.165) is 32.1 Å². The van der Waals surface area contributed by atoms with E-state index < -0.39 is 0 Å². The molecule has 158 valence electrons. The SMILES string of the molecule is CC(C)[N+]1(C(C)C)[C@@H]2CC[C@H]1CC(OC(=O)C1CCCC=C1c1ccccc1)C2. The van der Waals surface area contributed by atoms with Gasteiger partial charge in [-0.2, -0.15) is 0 Å². The number of ether oxygens (including phenoxy) is 1. The molecule has 1 aromatic carbocycles. The number of allylic oxidation sites excluding steroid dienone is 1. The zero-order valence-corrected chi connectivity index (χ0v) is 18.6. The summed E-state index contributed by atoms with van der Waals surface area (Å²) in [5.74, 6) is -0.0847. The summed E-state index contributed by atoms with van der Waals surface area (Å²) in [5.41, 5.74) is 2.35. The average molecular weight is 397 g/mol. The molecule has 3 nitrogen and oxygen atoms in total. The van der Waals surface area contributed by atoms with Crippen molar-refractivity contribution in [3.05, 3.63) is 42.0 Å². The fourth-order valence-electron chi connectivity index (χ4n) is 7.13. The van der Waals surface area contributed by atoms with Gasteiger partial charge in [-0.15, -0.1) is 0 Å². The van der Waals surface area contributed by atoms with Crippen molar-refractivity contribution in [2.24, 2.45) is 5.92 Å². The topological polar surface area (TPSA) is 26.3 Å². The number of carbonyl (C=O) groups excluding carboxylic acids is 1. The van der Waals surface area contributed by atoms with E-state index in [0.29, 0.717) is 24.2 Å². The van der Waals surface area contributed by atoms with Crippen molar-refractivity contribution in [1.29, 1.82) is 0 Å². The van der Waals surface area contributed by atoms with Crippen LogP contribution in [0.4, 0.5) is 0 Å². The molecule has 0 saturated carbocycles. The van der Waals surface area contributed by atoms with Crippen molar-refractivity contribution >= 4 is 11.5 Å². The van der Waals surface area contributed by atoms with Crippen molar-refractivity contribution in [3.63, 3.8) is 0 Å². The normalized spacial score (nSPS) is 31.0. The van der Waals surface area contributed by atoms with Gasteiger partial charge >= 0.3 is 5.97 Å². The molecule has 0 radical (unpaired) electrons. The first-order chi connectivity index (χ1) is 13.9. The Balaban J connectivity index is 1.48. The van der Waals surface area contributed by atoms with Crippen LogP contribution in [0.2, 0.25) is 0 Å². The Kier molecular flexibility index (Phi) is 5.88. The Morgan fingerprint density at radius 3 is 2.17 bits per heavy atom. The third-order valence-electron chi connectivity index (χ3n) is 8.07. The number of rotatable bonds is 5. The van der Waals surface area contributed by atoms with E-state index in [1.807, 2.05) is 6.07 Å². The number of nitrogens with zero attached hydrogens (tertiary/aromatic N) is 1. The van der Waals surface area contributed by atoms with Crippen LogP contribution in [0.1, 0.15) is 78.2 Å². The number of quaternary nitrogens is 1. The molecule has 4 rings (SSSR count). The zero-order chi connectivity index (χ0) is 20.6. The van der Waals surface area contributed by atoms with Gasteiger partial charge in [0, 0.05) is 25.7 Å². The maximum atomic E-state index is 13.2. The fourth-order valence-corrected chi connectivity index (χ4v) is 7.13. The molecule has 0 spiro atoms. The van der Waals surface area contributed by atoms with Gasteiger partial charge in [0.1, 0.15) is 6.10 Å². The minimum atomic E-state index is -0.0971. The van der Waals surface area contributed by atoms with Crippen LogP contribution in [0.15, 0.2) is 36.4 Å². The average Bonchev–Trinajstić information content (AvgIpc) is 2.94. The van der Waals surface area contributed by atoms with E-state index in [-0.39, 0.29) is 18.0 Å². The van der Waals surface area contributed by atoms with Crippen LogP contribution in [0.25, 0.3) is 5.57 Å². The van der Waals surface area contributed by atoms with E-state index in [9.17, 15) is 4.79 Å². The van der Waals surface area contributed by atoms with Gasteiger partial charge in [0.05, 0.1) is 30.1 Å². The van der Waals surface area contributed by atoms with Crippen molar-refractivity contribution in [2.75, 3.05) is 0 Å². The number of benzene rings is 1. The molecule has 2 unspecified atom stereocenters. The predicted molar refractivity (Wildman–Crippen MR) is 118 cm³/mol. The second-order valence-electron chi connectivity index (χ2n) is 10.0. The van der Waals surface area contributed by atoms with Crippen LogP contribution >= 0.6 is 0 Å². The Hall–Kier alpha value is -1.61. The fraction of sp³-hybridized carbons (Fsp3) is 0.654. The third kappa shape index (κ3) is 3.56. The maximum Gasteiger partial charge on any atom is 0.313 e. The molecular weight excluding hydrogens is 358 g/mol. The molecule has 3 heteroatoms. The Morgan fingerprint density at radius 2 is 1.59 bits per heavy atom. The third-order valence-corrected chi connectivity index (χ3v) is 8.07. The molecule has 3 aliphatic rings. The molecule has 2 bridgehead atoms. The van der Waals surface area contributed by atoms with Crippen LogP contribution < -0.4 is 0 Å². The summed E-state index contributed by atoms with van der Waals surface area (Å²) < 4.78 is 7.46. The molecule has 0 aromatic heterocycles. The minimum Gasteiger partial charge on any atom is -0.461 e. The van der Waals surface area contributed by atoms with E-state index >= 15 is 0 Å². The highest BCUT2D eigenvalue weighted by molar-refractivity contribution is 5.89. The van der Waals surface area contributed by atoms with Crippen LogP contribution in [0.5, 0.6) is 0 Å². The monoisotopic (exact) mass is 396 g/mol. The summed E-state index contributed by atoms with van der Waals surface area (Å²) >= 11 is 0. The zero-order valence-electron chi connectivity index (χ0n) is 18.6. The number of hydrogen-bond acceptors (Lipinski definition) is 2. The van der Waals surface area contributed by atoms with Crippen molar-refractivity contribution in [3.8, 4) is 0 Å². The van der Waals surface area contributed by atoms with Gasteiger partial charge in [0.25, 0.3) is 0 Å². The smallest absolute Gasteiger partial charge is 0.313 e. The number of piperidine rings is 1. The molecule has 2 heterocycles. The molecule has 2 fully saturated rings. The van der Waals surface area contributed by atoms with Crippen molar-refractivity contribution < 1.29 is 14.0 Å². The van der Waals surface area contributed by atoms with Gasteiger partial charge in [-0.25, -0.2) is 0 Å². The highest BCUT2D eigenvalue weighted by Crippen LogP contribution is 2.47. The van der Waals surface area contributed by atoms with Crippen molar-refractivity contribution in [2.45, 2.75) is 103 Å². The number of esters is 1. The highest BCUT2D eigenvalue weighted by Gasteiger charge is 2.57. The molecule has 1 aliphatic carbocycles. The first-order valence-electron chi connectivity index (χ1n) is 11.8. The van der Waals surface area contributed by atoms with E-state index in [4.69, 9.17) is 4.74 Å². The van der Waals surface area contributed by atoms with Crippen LogP contribution in [0.3, 0.4) is 0 Å². The van der Waals surface area contributed by atoms with E-state index in [1.165, 1.54) is 28.5 Å². The van der Waals surface area contributed by atoms with Crippen LogP contribution in [0, 0.1) is 5.92 Å². The van der Waals surface area contributed by atoms with Gasteiger partial charge in [-0.1, -0.05) is 36.4 Å². The minimum absolute atomic E-state index is 0.0123. The summed E-state index contributed by atoms with van der Waals surface area (Å²) in [6.45, 7) is 9.54. The second-order valence-corrected chi connectivity index (χ2v) is 10.0. The number of fused-ring (bicyclic) bond motifs is 2. The Bertz CT molecular complexity index is 727. The summed E-state index contributed by atoms with van der Waals surface area (Å²) in [5, 5.41) is 0. The molecule has 0 N–H and O–H groups in total. The molecule has 0 amide bonds. The maximum absolute atomic E-state index is 13.2. The first-order valence-corrected chi connectivity index (χ1v) is 11.8. The molecule has 29 heavy (non-hydrogen) atoms. The number of hydrogen-bond donors (Lipinski definition) is 0. The van der Waals surface area contributed by atoms with Crippen LogP contribution in [-0.2, 0) is 9.53 Å². The van der Waals surface area contributed by atoms with Gasteiger partial charge in [-0.05, 0) is 58.1 Å². The van der Waals surface area contributed by atoms with Gasteiger partial charge in [0.15, 0.2) is 0 Å². The largest absolute Gasteiger partial charge is 0.461 e. The summed E-state index contributed by atoms with van der Waals surface area (Å²) in [4.78, 5) is 13.2. The van der Waals surface area contributed by atoms with Gasteiger partial charge in [-0.3, -0.25) is 4.79 Å². The molecule has 2 aliphatic heterocycles. The number of carbonyl (C=O) groups is 1. The van der Waals surface area contributed by atoms with Crippen molar-refractivity contribution in [1.82, 2.24) is 0 Å².